The van der Waals surface area contributed by atoms with Crippen LogP contribution < -0.4 is 0 Å². The normalized spacial score (nSPS) is 10.4. The molecule has 21 heavy (non-hydrogen) atoms. The number of carbonyl (C=O) groups excluding carboxylic acids is 1. The van der Waals surface area contributed by atoms with E-state index in [4.69, 9.17) is 9.84 Å². The summed E-state index contributed by atoms with van der Waals surface area (Å²) in [6.07, 6.45) is 2.63. The Hall–Kier alpha value is -2.76. The van der Waals surface area contributed by atoms with Crippen LogP contribution in [0.25, 0.3) is 11.4 Å². The van der Waals surface area contributed by atoms with Crippen molar-refractivity contribution in [2.24, 2.45) is 0 Å². The van der Waals surface area contributed by atoms with Crippen LogP contribution in [-0.4, -0.2) is 33.1 Å². The van der Waals surface area contributed by atoms with Crippen LogP contribution in [0, 0.1) is 0 Å². The zero-order chi connectivity index (χ0) is 15.4. The molecule has 0 spiro atoms. The third-order valence-corrected chi connectivity index (χ3v) is 2.61. The summed E-state index contributed by atoms with van der Waals surface area (Å²) in [5, 5.41) is 8.98. The minimum Gasteiger partial charge on any atom is -0.478 e. The van der Waals surface area contributed by atoms with E-state index >= 15 is 0 Å². The molecule has 6 heteroatoms. The Balaban J connectivity index is 2.35. The second-order valence-electron chi connectivity index (χ2n) is 4.62. The molecule has 2 aromatic heterocycles. The number of aromatic carboxylic acids is 1. The fourth-order valence-corrected chi connectivity index (χ4v) is 1.68. The van der Waals surface area contributed by atoms with Crippen LogP contribution in [0.5, 0.6) is 0 Å². The highest BCUT2D eigenvalue weighted by Gasteiger charge is 2.12. The molecule has 0 unspecified atom stereocenters. The maximum absolute atomic E-state index is 11.8. The first-order valence-corrected chi connectivity index (χ1v) is 6.34. The van der Waals surface area contributed by atoms with Crippen molar-refractivity contribution in [1.82, 2.24) is 9.97 Å². The van der Waals surface area contributed by atoms with Gasteiger partial charge in [-0.1, -0.05) is 0 Å². The van der Waals surface area contributed by atoms with Crippen molar-refractivity contribution >= 4 is 11.9 Å². The first-order valence-electron chi connectivity index (χ1n) is 6.34. The Morgan fingerprint density at radius 2 is 1.57 bits per heavy atom. The van der Waals surface area contributed by atoms with Crippen molar-refractivity contribution in [2.45, 2.75) is 20.0 Å². The van der Waals surface area contributed by atoms with Crippen LogP contribution in [0.2, 0.25) is 0 Å². The molecule has 0 atom stereocenters. The van der Waals surface area contributed by atoms with Gasteiger partial charge in [-0.05, 0) is 38.1 Å². The van der Waals surface area contributed by atoms with Crippen LogP contribution >= 0.6 is 0 Å². The summed E-state index contributed by atoms with van der Waals surface area (Å²) in [5.74, 6) is -1.50. The average Bonchev–Trinajstić information content (AvgIpc) is 2.47. The lowest BCUT2D eigenvalue weighted by atomic mass is 10.1. The second kappa shape index (κ2) is 6.13. The molecule has 2 aromatic rings. The topological polar surface area (TPSA) is 89.4 Å². The molecule has 0 radical (unpaired) electrons. The molecule has 2 rings (SSSR count). The van der Waals surface area contributed by atoms with E-state index in [9.17, 15) is 9.59 Å². The minimum absolute atomic E-state index is 0.108. The molecule has 0 aliphatic heterocycles. The second-order valence-corrected chi connectivity index (χ2v) is 4.62. The van der Waals surface area contributed by atoms with E-state index in [0.29, 0.717) is 17.0 Å². The maximum Gasteiger partial charge on any atom is 0.338 e. The largest absolute Gasteiger partial charge is 0.478 e. The van der Waals surface area contributed by atoms with Gasteiger partial charge in [0.1, 0.15) is 0 Å². The van der Waals surface area contributed by atoms with Crippen LogP contribution in [0.4, 0.5) is 0 Å². The highest BCUT2D eigenvalue weighted by atomic mass is 16.5. The Labute approximate surface area is 121 Å². The third kappa shape index (κ3) is 3.62. The highest BCUT2D eigenvalue weighted by molar-refractivity contribution is 5.91. The molecule has 0 aliphatic rings. The number of aromatic nitrogens is 2. The van der Waals surface area contributed by atoms with Gasteiger partial charge in [-0.15, -0.1) is 0 Å². The number of ether oxygens (including phenoxy) is 1. The molecule has 0 saturated heterocycles. The van der Waals surface area contributed by atoms with E-state index in [-0.39, 0.29) is 11.7 Å². The van der Waals surface area contributed by atoms with Gasteiger partial charge in [0, 0.05) is 12.4 Å². The summed E-state index contributed by atoms with van der Waals surface area (Å²) in [4.78, 5) is 31.0. The zero-order valence-corrected chi connectivity index (χ0v) is 11.6. The lowest BCUT2D eigenvalue weighted by Gasteiger charge is -2.08. The van der Waals surface area contributed by atoms with Crippen molar-refractivity contribution in [3.05, 3.63) is 47.8 Å². The zero-order valence-electron chi connectivity index (χ0n) is 11.6. The van der Waals surface area contributed by atoms with Crippen LogP contribution in [0.3, 0.4) is 0 Å². The van der Waals surface area contributed by atoms with Gasteiger partial charge < -0.3 is 9.84 Å². The number of esters is 1. The molecular weight excluding hydrogens is 272 g/mol. The van der Waals surface area contributed by atoms with Gasteiger partial charge in [-0.2, -0.15) is 0 Å². The Kier molecular flexibility index (Phi) is 4.27. The van der Waals surface area contributed by atoms with Gasteiger partial charge in [0.05, 0.1) is 28.6 Å². The van der Waals surface area contributed by atoms with Crippen molar-refractivity contribution in [3.8, 4) is 11.4 Å². The van der Waals surface area contributed by atoms with Crippen molar-refractivity contribution in [2.75, 3.05) is 0 Å². The fraction of sp³-hybridized carbons (Fsp3) is 0.200. The number of rotatable bonds is 4. The smallest absolute Gasteiger partial charge is 0.338 e. The quantitative estimate of drug-likeness (QED) is 0.868. The highest BCUT2D eigenvalue weighted by Crippen LogP contribution is 2.17. The van der Waals surface area contributed by atoms with E-state index in [2.05, 4.69) is 9.97 Å². The van der Waals surface area contributed by atoms with E-state index in [0.717, 1.165) is 0 Å². The lowest BCUT2D eigenvalue weighted by molar-refractivity contribution is 0.0377. The van der Waals surface area contributed by atoms with Crippen molar-refractivity contribution in [1.29, 1.82) is 0 Å². The first kappa shape index (κ1) is 14.6. The maximum atomic E-state index is 11.8. The summed E-state index contributed by atoms with van der Waals surface area (Å²) >= 11 is 0. The number of carbonyl (C=O) groups is 2. The monoisotopic (exact) mass is 286 g/mol. The predicted octanol–water partition coefficient (Wildman–Crippen LogP) is 2.41. The summed E-state index contributed by atoms with van der Waals surface area (Å²) in [7, 11) is 0. The number of nitrogens with zero attached hydrogens (tertiary/aromatic N) is 2. The molecule has 6 nitrogen and oxygen atoms in total. The SMILES string of the molecule is CC(C)OC(=O)c1ccnc(-c2cc(C(=O)O)ccn2)c1. The summed E-state index contributed by atoms with van der Waals surface area (Å²) in [5.41, 5.74) is 1.25. The fourth-order valence-electron chi connectivity index (χ4n) is 1.68. The average molecular weight is 286 g/mol. The molecule has 2 heterocycles. The van der Waals surface area contributed by atoms with Crippen LogP contribution in [0.1, 0.15) is 34.6 Å². The Bertz CT molecular complexity index is 683. The lowest BCUT2D eigenvalue weighted by Crippen LogP contribution is -2.11. The molecule has 0 bridgehead atoms. The number of hydrogen-bond acceptors (Lipinski definition) is 5. The Morgan fingerprint density at radius 3 is 2.10 bits per heavy atom. The number of carboxylic acid groups (broad SMARTS) is 1. The summed E-state index contributed by atoms with van der Waals surface area (Å²) in [6.45, 7) is 3.52. The standard InChI is InChI=1S/C15H14N2O4/c1-9(2)21-15(20)11-4-6-17-13(8-11)12-7-10(14(18)19)3-5-16-12/h3-9H,1-2H3,(H,18,19). The van der Waals surface area contributed by atoms with Gasteiger partial charge in [-0.25, -0.2) is 9.59 Å². The number of carboxylic acids is 1. The van der Waals surface area contributed by atoms with Crippen molar-refractivity contribution < 1.29 is 19.4 Å². The van der Waals surface area contributed by atoms with Gasteiger partial charge in [0.25, 0.3) is 0 Å². The molecule has 0 aliphatic carbocycles. The van der Waals surface area contributed by atoms with E-state index in [1.807, 2.05) is 0 Å². The predicted molar refractivity (Wildman–Crippen MR) is 75.0 cm³/mol. The van der Waals surface area contributed by atoms with Gasteiger partial charge in [-0.3, -0.25) is 9.97 Å². The van der Waals surface area contributed by atoms with Gasteiger partial charge >= 0.3 is 11.9 Å². The first-order chi connectivity index (χ1) is 9.97. The summed E-state index contributed by atoms with van der Waals surface area (Å²) in [6, 6.07) is 5.86. The minimum atomic E-state index is -1.05. The molecular formula is C15H14N2O4. The molecule has 0 fully saturated rings. The van der Waals surface area contributed by atoms with E-state index < -0.39 is 11.9 Å². The summed E-state index contributed by atoms with van der Waals surface area (Å²) < 4.78 is 5.11. The van der Waals surface area contributed by atoms with Crippen molar-refractivity contribution in [3.63, 3.8) is 0 Å². The molecule has 0 aromatic carbocycles. The molecule has 0 amide bonds. The van der Waals surface area contributed by atoms with E-state index in [1.165, 1.54) is 36.7 Å². The van der Waals surface area contributed by atoms with Crippen LogP contribution in [-0.2, 0) is 4.74 Å². The number of pyridine rings is 2. The van der Waals surface area contributed by atoms with Gasteiger partial charge in [0.15, 0.2) is 0 Å². The Morgan fingerprint density at radius 1 is 1.05 bits per heavy atom. The third-order valence-electron chi connectivity index (χ3n) is 2.61. The van der Waals surface area contributed by atoms with E-state index in [1.54, 1.807) is 13.8 Å². The molecule has 108 valence electrons. The number of hydrogen-bond donors (Lipinski definition) is 1. The molecule has 1 N–H and O–H groups in total. The van der Waals surface area contributed by atoms with Crippen LogP contribution in [0.15, 0.2) is 36.7 Å². The van der Waals surface area contributed by atoms with Gasteiger partial charge in [0.2, 0.25) is 0 Å². The molecule has 0 saturated carbocycles.